The molecular formula is C21H20ClF2N3O5S3. The number of piperidine rings is 1. The Labute approximate surface area is 212 Å². The van der Waals surface area contributed by atoms with E-state index in [0.29, 0.717) is 23.2 Å². The van der Waals surface area contributed by atoms with E-state index in [9.17, 15) is 26.8 Å². The van der Waals surface area contributed by atoms with Crippen molar-refractivity contribution >= 4 is 66.4 Å². The molecule has 4 rings (SSSR count). The fraction of sp³-hybridized carbons (Fsp3) is 0.381. The summed E-state index contributed by atoms with van der Waals surface area (Å²) in [6.45, 7) is 1.37. The van der Waals surface area contributed by atoms with Gasteiger partial charge in [-0.2, -0.15) is 9.30 Å². The molecule has 8 nitrogen and oxygen atoms in total. The van der Waals surface area contributed by atoms with Crippen LogP contribution in [0.4, 0.5) is 8.78 Å². The van der Waals surface area contributed by atoms with Crippen molar-refractivity contribution in [1.82, 2.24) is 8.87 Å². The topological polar surface area (TPSA) is 98.0 Å². The Kier molecular flexibility index (Phi) is 7.71. The van der Waals surface area contributed by atoms with E-state index in [1.807, 2.05) is 0 Å². The van der Waals surface area contributed by atoms with Crippen LogP contribution in [0.15, 0.2) is 33.5 Å². The summed E-state index contributed by atoms with van der Waals surface area (Å²) in [6, 6.07) is 3.51. The van der Waals surface area contributed by atoms with E-state index < -0.39 is 46.1 Å². The number of nitrogens with zero attached hydrogens (tertiary/aromatic N) is 3. The quantitative estimate of drug-likeness (QED) is 0.423. The van der Waals surface area contributed by atoms with Gasteiger partial charge in [0.25, 0.3) is 15.9 Å². The average Bonchev–Trinajstić information content (AvgIpc) is 3.38. The number of thiophene rings is 1. The number of fused-ring (bicyclic) bond motifs is 1. The van der Waals surface area contributed by atoms with Crippen LogP contribution in [0.1, 0.15) is 26.2 Å². The minimum atomic E-state index is -4.00. The highest BCUT2D eigenvalue weighted by Crippen LogP contribution is 2.32. The first-order valence-electron chi connectivity index (χ1n) is 10.6. The van der Waals surface area contributed by atoms with Gasteiger partial charge >= 0.3 is 5.97 Å². The number of esters is 1. The summed E-state index contributed by atoms with van der Waals surface area (Å²) in [4.78, 5) is 29.4. The zero-order valence-electron chi connectivity index (χ0n) is 18.4. The van der Waals surface area contributed by atoms with E-state index in [-0.39, 0.29) is 38.8 Å². The average molecular weight is 564 g/mol. The molecule has 35 heavy (non-hydrogen) atoms. The lowest BCUT2D eigenvalue weighted by molar-refractivity contribution is -0.143. The minimum absolute atomic E-state index is 0.0129. The third kappa shape index (κ3) is 5.33. The third-order valence-corrected chi connectivity index (χ3v) is 9.98. The zero-order chi connectivity index (χ0) is 25.3. The Balaban J connectivity index is 1.78. The maximum absolute atomic E-state index is 14.6. The predicted octanol–water partition coefficient (Wildman–Crippen LogP) is 3.93. The number of rotatable bonds is 6. The number of ether oxygens (including phenoxy) is 1. The van der Waals surface area contributed by atoms with Gasteiger partial charge in [-0.1, -0.05) is 29.4 Å². The molecule has 188 valence electrons. The molecule has 14 heteroatoms. The van der Waals surface area contributed by atoms with Crippen LogP contribution < -0.4 is 4.80 Å². The summed E-state index contributed by atoms with van der Waals surface area (Å²) >= 11 is 7.62. The molecule has 3 heterocycles. The second-order valence-corrected chi connectivity index (χ2v) is 12.5. The zero-order valence-corrected chi connectivity index (χ0v) is 21.6. The number of hydrogen-bond acceptors (Lipinski definition) is 7. The maximum Gasteiger partial charge on any atom is 0.326 e. The van der Waals surface area contributed by atoms with Crippen molar-refractivity contribution in [3.05, 3.63) is 45.0 Å². The lowest BCUT2D eigenvalue weighted by Crippen LogP contribution is -2.47. The van der Waals surface area contributed by atoms with Crippen molar-refractivity contribution < 1.29 is 31.5 Å². The largest absolute Gasteiger partial charge is 0.465 e. The van der Waals surface area contributed by atoms with Gasteiger partial charge in [0, 0.05) is 12.6 Å². The van der Waals surface area contributed by atoms with E-state index >= 15 is 0 Å². The molecule has 3 aromatic rings. The smallest absolute Gasteiger partial charge is 0.326 e. The Morgan fingerprint density at radius 2 is 2.00 bits per heavy atom. The number of aromatic nitrogens is 1. The summed E-state index contributed by atoms with van der Waals surface area (Å²) in [6.07, 6.45) is 1.42. The molecule has 0 bridgehead atoms. The second kappa shape index (κ2) is 10.4. The van der Waals surface area contributed by atoms with Gasteiger partial charge in [0.15, 0.2) is 10.6 Å². The summed E-state index contributed by atoms with van der Waals surface area (Å²) in [5, 5.41) is 0. The molecule has 1 fully saturated rings. The monoisotopic (exact) mass is 563 g/mol. The molecule has 1 aliphatic heterocycles. The van der Waals surface area contributed by atoms with Crippen molar-refractivity contribution in [2.75, 3.05) is 13.2 Å². The number of amides is 1. The summed E-state index contributed by atoms with van der Waals surface area (Å²) in [5.74, 6) is -3.20. The van der Waals surface area contributed by atoms with Gasteiger partial charge < -0.3 is 9.30 Å². The number of carbonyl (C=O) groups is 2. The third-order valence-electron chi connectivity index (χ3n) is 5.34. The summed E-state index contributed by atoms with van der Waals surface area (Å²) < 4.78 is 62.5. The molecule has 0 aliphatic carbocycles. The normalized spacial score (nSPS) is 17.7. The highest BCUT2D eigenvalue weighted by molar-refractivity contribution is 7.91. The second-order valence-electron chi connectivity index (χ2n) is 7.65. The fourth-order valence-electron chi connectivity index (χ4n) is 3.86. The van der Waals surface area contributed by atoms with Crippen LogP contribution in [0.3, 0.4) is 0 Å². The number of hydrogen-bond donors (Lipinski definition) is 0. The SMILES string of the molecule is CCOC(=O)Cn1c(=NC(=O)C2CCCCN2S(=O)(=O)c2ccc(Cl)s2)sc2cc(F)cc(F)c21. The first-order valence-corrected chi connectivity index (χ1v) is 14.1. The number of halogens is 3. The molecule has 1 aliphatic rings. The molecule has 0 radical (unpaired) electrons. The van der Waals surface area contributed by atoms with Gasteiger partial charge in [0.05, 0.1) is 21.2 Å². The molecule has 1 unspecified atom stereocenters. The number of sulfonamides is 1. The van der Waals surface area contributed by atoms with Crippen LogP contribution >= 0.6 is 34.3 Å². The summed E-state index contributed by atoms with van der Waals surface area (Å²) in [7, 11) is -4.00. The van der Waals surface area contributed by atoms with Crippen LogP contribution in [0.5, 0.6) is 0 Å². The molecule has 0 spiro atoms. The number of carbonyl (C=O) groups excluding carboxylic acids is 2. The first-order chi connectivity index (χ1) is 16.6. The predicted molar refractivity (Wildman–Crippen MR) is 128 cm³/mol. The Morgan fingerprint density at radius 3 is 2.69 bits per heavy atom. The fourth-order valence-corrected chi connectivity index (χ4v) is 8.19. The van der Waals surface area contributed by atoms with Crippen LogP contribution in [-0.4, -0.2) is 48.4 Å². The minimum Gasteiger partial charge on any atom is -0.465 e. The summed E-state index contributed by atoms with van der Waals surface area (Å²) in [5.41, 5.74) is -0.0997. The van der Waals surface area contributed by atoms with Gasteiger partial charge in [0.1, 0.15) is 22.6 Å². The van der Waals surface area contributed by atoms with Gasteiger partial charge in [0.2, 0.25) is 0 Å². The van der Waals surface area contributed by atoms with Crippen molar-refractivity contribution in [2.24, 2.45) is 4.99 Å². The number of thiazole rings is 1. The molecule has 2 aromatic heterocycles. The van der Waals surface area contributed by atoms with Gasteiger partial charge in [-0.3, -0.25) is 9.59 Å². The van der Waals surface area contributed by atoms with E-state index in [0.717, 1.165) is 37.6 Å². The Morgan fingerprint density at radius 1 is 1.23 bits per heavy atom. The van der Waals surface area contributed by atoms with Crippen molar-refractivity contribution in [3.63, 3.8) is 0 Å². The molecule has 0 N–H and O–H groups in total. The van der Waals surface area contributed by atoms with Gasteiger partial charge in [-0.05, 0) is 38.0 Å². The highest BCUT2D eigenvalue weighted by Gasteiger charge is 2.38. The molecule has 1 amide bonds. The number of benzene rings is 1. The standard InChI is InChI=1S/C21H20ClF2N3O5S3/c1-2-32-17(28)11-26-19-13(24)9-12(23)10-15(19)33-21(26)25-20(29)14-5-3-4-8-27(14)35(30,31)18-7-6-16(22)34-18/h6-7,9-10,14H,2-5,8,11H2,1H3. The van der Waals surface area contributed by atoms with Crippen LogP contribution in [0.25, 0.3) is 10.2 Å². The Bertz CT molecular complexity index is 1460. The maximum atomic E-state index is 14.6. The molecule has 0 saturated carbocycles. The lowest BCUT2D eigenvalue weighted by atomic mass is 10.0. The molecule has 1 saturated heterocycles. The van der Waals surface area contributed by atoms with Crippen LogP contribution in [-0.2, 0) is 30.9 Å². The Hall–Kier alpha value is -2.19. The highest BCUT2D eigenvalue weighted by atomic mass is 35.5. The molecule has 1 atom stereocenters. The van der Waals surface area contributed by atoms with Crippen LogP contribution in [0, 0.1) is 11.6 Å². The van der Waals surface area contributed by atoms with Crippen molar-refractivity contribution in [2.45, 2.75) is 43.0 Å². The van der Waals surface area contributed by atoms with E-state index in [2.05, 4.69) is 4.99 Å². The van der Waals surface area contributed by atoms with E-state index in [1.165, 1.54) is 12.1 Å². The molecule has 1 aromatic carbocycles. The van der Waals surface area contributed by atoms with Gasteiger partial charge in [-0.25, -0.2) is 17.2 Å². The van der Waals surface area contributed by atoms with Gasteiger partial charge in [-0.15, -0.1) is 11.3 Å². The molecular weight excluding hydrogens is 544 g/mol. The van der Waals surface area contributed by atoms with Crippen molar-refractivity contribution in [3.8, 4) is 0 Å². The van der Waals surface area contributed by atoms with E-state index in [1.54, 1.807) is 6.92 Å². The van der Waals surface area contributed by atoms with Crippen LogP contribution in [0.2, 0.25) is 4.34 Å². The van der Waals surface area contributed by atoms with Crippen molar-refractivity contribution in [1.29, 1.82) is 0 Å². The lowest BCUT2D eigenvalue weighted by Gasteiger charge is -2.31. The van der Waals surface area contributed by atoms with E-state index in [4.69, 9.17) is 16.3 Å². The first kappa shape index (κ1) is 25.9.